The van der Waals surface area contributed by atoms with Gasteiger partial charge >= 0.3 is 0 Å². The van der Waals surface area contributed by atoms with Crippen LogP contribution in [0.2, 0.25) is 5.02 Å². The van der Waals surface area contributed by atoms with E-state index in [4.69, 9.17) is 11.6 Å². The van der Waals surface area contributed by atoms with E-state index in [9.17, 15) is 4.79 Å². The molecule has 2 nitrogen and oxygen atoms in total. The third-order valence-electron chi connectivity index (χ3n) is 2.29. The summed E-state index contributed by atoms with van der Waals surface area (Å²) in [6.07, 6.45) is 0.941. The van der Waals surface area contributed by atoms with Gasteiger partial charge in [0.1, 0.15) is 0 Å². The van der Waals surface area contributed by atoms with Gasteiger partial charge < -0.3 is 4.90 Å². The molecule has 0 bridgehead atoms. The van der Waals surface area contributed by atoms with Crippen molar-refractivity contribution < 1.29 is 4.79 Å². The van der Waals surface area contributed by atoms with Crippen LogP contribution in [0, 0.1) is 0 Å². The van der Waals surface area contributed by atoms with Gasteiger partial charge in [-0.1, -0.05) is 34.5 Å². The van der Waals surface area contributed by atoms with Gasteiger partial charge in [-0.15, -0.1) is 0 Å². The molecule has 0 atom stereocenters. The summed E-state index contributed by atoms with van der Waals surface area (Å²) in [6.45, 7) is 3.51. The lowest BCUT2D eigenvalue weighted by molar-refractivity contribution is 0.0765. The zero-order valence-electron chi connectivity index (χ0n) is 9.55. The van der Waals surface area contributed by atoms with Crippen LogP contribution in [0.5, 0.6) is 0 Å². The van der Waals surface area contributed by atoms with E-state index in [0.717, 1.165) is 22.8 Å². The molecule has 5 heteroatoms. The molecule has 1 amide bonds. The zero-order valence-corrected chi connectivity index (χ0v) is 13.5. The molecule has 0 spiro atoms. The van der Waals surface area contributed by atoms with Crippen LogP contribution in [0.3, 0.4) is 0 Å². The highest BCUT2D eigenvalue weighted by Crippen LogP contribution is 2.22. The van der Waals surface area contributed by atoms with E-state index in [1.807, 2.05) is 4.90 Å². The average molecular weight is 384 g/mol. The van der Waals surface area contributed by atoms with E-state index in [0.29, 0.717) is 17.1 Å². The number of carbonyl (C=O) groups excluding carboxylic acids is 1. The van der Waals surface area contributed by atoms with Crippen LogP contribution in [0.4, 0.5) is 0 Å². The summed E-state index contributed by atoms with van der Waals surface area (Å²) in [5.41, 5.74) is 0.618. The number of benzene rings is 1. The number of hydrogen-bond acceptors (Lipinski definition) is 1. The van der Waals surface area contributed by atoms with Gasteiger partial charge in [0.05, 0.1) is 5.56 Å². The molecular weight excluding hydrogens is 369 g/mol. The summed E-state index contributed by atoms with van der Waals surface area (Å²) in [5.74, 6) is 0.0145. The van der Waals surface area contributed by atoms with Gasteiger partial charge in [0.2, 0.25) is 0 Å². The number of halogens is 3. The van der Waals surface area contributed by atoms with Crippen molar-refractivity contribution in [2.75, 3.05) is 18.4 Å². The van der Waals surface area contributed by atoms with Gasteiger partial charge in [-0.25, -0.2) is 0 Å². The van der Waals surface area contributed by atoms with Crippen molar-refractivity contribution in [3.63, 3.8) is 0 Å². The number of carbonyl (C=O) groups is 1. The SMILES string of the molecule is CCCN(CCBr)C(=O)c1cc(Cl)ccc1Br. The summed E-state index contributed by atoms with van der Waals surface area (Å²) in [5, 5.41) is 1.35. The Kier molecular flexibility index (Phi) is 6.52. The van der Waals surface area contributed by atoms with Crippen LogP contribution in [-0.4, -0.2) is 29.2 Å². The first-order valence-corrected chi connectivity index (χ1v) is 7.69. The molecule has 0 radical (unpaired) electrons. The summed E-state index contributed by atoms with van der Waals surface area (Å²) in [6, 6.07) is 5.26. The van der Waals surface area contributed by atoms with E-state index in [1.165, 1.54) is 0 Å². The lowest BCUT2D eigenvalue weighted by Crippen LogP contribution is -2.33. The van der Waals surface area contributed by atoms with Gasteiger partial charge in [0.15, 0.2) is 0 Å². The monoisotopic (exact) mass is 381 g/mol. The smallest absolute Gasteiger partial charge is 0.255 e. The molecule has 0 aliphatic carbocycles. The molecule has 17 heavy (non-hydrogen) atoms. The summed E-state index contributed by atoms with van der Waals surface area (Å²) in [4.78, 5) is 14.1. The van der Waals surface area contributed by atoms with Crippen LogP contribution in [0.25, 0.3) is 0 Å². The molecule has 1 aromatic rings. The summed E-state index contributed by atoms with van der Waals surface area (Å²) >= 11 is 12.7. The fourth-order valence-electron chi connectivity index (χ4n) is 1.52. The number of alkyl halides is 1. The van der Waals surface area contributed by atoms with Crippen LogP contribution >= 0.6 is 43.5 Å². The van der Waals surface area contributed by atoms with Crippen LogP contribution in [-0.2, 0) is 0 Å². The van der Waals surface area contributed by atoms with Crippen LogP contribution in [0.1, 0.15) is 23.7 Å². The van der Waals surface area contributed by atoms with Crippen molar-refractivity contribution in [3.8, 4) is 0 Å². The molecule has 0 saturated carbocycles. The largest absolute Gasteiger partial charge is 0.338 e. The average Bonchev–Trinajstić information content (AvgIpc) is 2.31. The topological polar surface area (TPSA) is 20.3 Å². The van der Waals surface area contributed by atoms with Gasteiger partial charge in [-0.05, 0) is 40.5 Å². The van der Waals surface area contributed by atoms with Crippen molar-refractivity contribution in [1.82, 2.24) is 4.90 Å². The molecule has 0 unspecified atom stereocenters. The van der Waals surface area contributed by atoms with Crippen molar-refractivity contribution >= 4 is 49.4 Å². The highest BCUT2D eigenvalue weighted by atomic mass is 79.9. The van der Waals surface area contributed by atoms with E-state index >= 15 is 0 Å². The van der Waals surface area contributed by atoms with Crippen molar-refractivity contribution in [1.29, 1.82) is 0 Å². The van der Waals surface area contributed by atoms with Gasteiger partial charge in [0.25, 0.3) is 5.91 Å². The number of amides is 1. The molecule has 0 aromatic heterocycles. The van der Waals surface area contributed by atoms with E-state index in [1.54, 1.807) is 18.2 Å². The minimum Gasteiger partial charge on any atom is -0.338 e. The minimum absolute atomic E-state index is 0.0145. The summed E-state index contributed by atoms with van der Waals surface area (Å²) in [7, 11) is 0. The number of hydrogen-bond donors (Lipinski definition) is 0. The molecule has 0 heterocycles. The van der Waals surface area contributed by atoms with E-state index in [-0.39, 0.29) is 5.91 Å². The lowest BCUT2D eigenvalue weighted by atomic mass is 10.2. The van der Waals surface area contributed by atoms with Gasteiger partial charge in [-0.3, -0.25) is 4.79 Å². The first-order valence-electron chi connectivity index (χ1n) is 5.40. The number of nitrogens with zero attached hydrogens (tertiary/aromatic N) is 1. The Morgan fingerprint density at radius 3 is 2.71 bits per heavy atom. The lowest BCUT2D eigenvalue weighted by Gasteiger charge is -2.21. The Morgan fingerprint density at radius 1 is 1.41 bits per heavy atom. The Bertz CT molecular complexity index is 392. The van der Waals surface area contributed by atoms with Gasteiger partial charge in [-0.2, -0.15) is 0 Å². The maximum absolute atomic E-state index is 12.3. The fraction of sp³-hybridized carbons (Fsp3) is 0.417. The first-order chi connectivity index (χ1) is 8.10. The Labute approximate surface area is 124 Å². The van der Waals surface area contributed by atoms with Crippen LogP contribution < -0.4 is 0 Å². The zero-order chi connectivity index (χ0) is 12.8. The predicted molar refractivity (Wildman–Crippen MR) is 79.1 cm³/mol. The van der Waals surface area contributed by atoms with Crippen LogP contribution in [0.15, 0.2) is 22.7 Å². The summed E-state index contributed by atoms with van der Waals surface area (Å²) < 4.78 is 0.780. The predicted octanol–water partition coefficient (Wildman–Crippen LogP) is 4.35. The van der Waals surface area contributed by atoms with Crippen molar-refractivity contribution in [2.24, 2.45) is 0 Å². The molecule has 0 N–H and O–H groups in total. The maximum atomic E-state index is 12.3. The maximum Gasteiger partial charge on any atom is 0.255 e. The molecule has 0 saturated heterocycles. The van der Waals surface area contributed by atoms with Crippen molar-refractivity contribution in [2.45, 2.75) is 13.3 Å². The molecule has 1 rings (SSSR count). The molecule has 0 aliphatic rings. The first kappa shape index (κ1) is 15.0. The van der Waals surface area contributed by atoms with Gasteiger partial charge in [0, 0.05) is 27.9 Å². The highest BCUT2D eigenvalue weighted by molar-refractivity contribution is 9.10. The highest BCUT2D eigenvalue weighted by Gasteiger charge is 2.17. The molecule has 94 valence electrons. The normalized spacial score (nSPS) is 10.4. The second kappa shape index (κ2) is 7.39. The van der Waals surface area contributed by atoms with E-state index in [2.05, 4.69) is 38.8 Å². The second-order valence-electron chi connectivity index (χ2n) is 3.61. The quantitative estimate of drug-likeness (QED) is 0.692. The Balaban J connectivity index is 2.95. The third-order valence-corrected chi connectivity index (χ3v) is 3.58. The Morgan fingerprint density at radius 2 is 2.12 bits per heavy atom. The van der Waals surface area contributed by atoms with E-state index < -0.39 is 0 Å². The van der Waals surface area contributed by atoms with Crippen molar-refractivity contribution in [3.05, 3.63) is 33.3 Å². The molecule has 0 fully saturated rings. The Hall–Kier alpha value is -0.0600. The molecule has 0 aliphatic heterocycles. The third kappa shape index (κ3) is 4.27. The number of rotatable bonds is 5. The minimum atomic E-state index is 0.0145. The molecule has 1 aromatic carbocycles. The second-order valence-corrected chi connectivity index (χ2v) is 5.69. The standard InChI is InChI=1S/C12H14Br2ClNO/c1-2-6-16(7-5-13)12(17)10-8-9(15)3-4-11(10)14/h3-4,8H,2,5-7H2,1H3. The fourth-order valence-corrected chi connectivity index (χ4v) is 2.53. The molecular formula is C12H14Br2ClNO.